The van der Waals surface area contributed by atoms with Gasteiger partial charge in [-0.05, 0) is 30.2 Å². The van der Waals surface area contributed by atoms with Crippen molar-refractivity contribution in [1.29, 1.82) is 0 Å². The van der Waals surface area contributed by atoms with Crippen LogP contribution in [0.3, 0.4) is 0 Å². The van der Waals surface area contributed by atoms with Crippen LogP contribution in [0.5, 0.6) is 0 Å². The van der Waals surface area contributed by atoms with Crippen LogP contribution < -0.4 is 0 Å². The number of likely N-dealkylation sites (tertiary alicyclic amines) is 1. The second-order valence-electron chi connectivity index (χ2n) is 5.77. The standard InChI is InChI=1S/C20H20F3NO2/c1-5-16-17(14-8-7-9-15(11-14)20(21,22)23)12-24(19(25)6-2)18(16)10-13(3)26-4/h5-11,17H,2-3,12H2,1,4H3/b16-5-,18-10+. The predicted molar refractivity (Wildman–Crippen MR) is 94.1 cm³/mol. The van der Waals surface area contributed by atoms with E-state index in [0.717, 1.165) is 17.7 Å². The Bertz CT molecular complexity index is 790. The Hall–Kier alpha value is -2.76. The first-order valence-corrected chi connectivity index (χ1v) is 7.95. The maximum Gasteiger partial charge on any atom is 0.416 e. The minimum Gasteiger partial charge on any atom is -0.497 e. The lowest BCUT2D eigenvalue weighted by atomic mass is 9.91. The average molecular weight is 363 g/mol. The molecular weight excluding hydrogens is 343 g/mol. The molecule has 1 fully saturated rings. The van der Waals surface area contributed by atoms with Crippen LogP contribution >= 0.6 is 0 Å². The van der Waals surface area contributed by atoms with Crippen molar-refractivity contribution in [2.75, 3.05) is 13.7 Å². The lowest BCUT2D eigenvalue weighted by Crippen LogP contribution is -2.25. The molecule has 1 aliphatic rings. The highest BCUT2D eigenvalue weighted by Crippen LogP contribution is 2.41. The molecule has 0 aliphatic carbocycles. The summed E-state index contributed by atoms with van der Waals surface area (Å²) in [5.41, 5.74) is 1.05. The molecule has 6 heteroatoms. The van der Waals surface area contributed by atoms with Gasteiger partial charge in [0.1, 0.15) is 5.76 Å². The molecule has 2 rings (SSSR count). The third-order valence-electron chi connectivity index (χ3n) is 4.25. The van der Waals surface area contributed by atoms with Crippen molar-refractivity contribution in [2.24, 2.45) is 0 Å². The van der Waals surface area contributed by atoms with Crippen molar-refractivity contribution < 1.29 is 22.7 Å². The zero-order valence-corrected chi connectivity index (χ0v) is 14.6. The molecule has 1 aliphatic heterocycles. The summed E-state index contributed by atoms with van der Waals surface area (Å²) in [6, 6.07) is 5.16. The summed E-state index contributed by atoms with van der Waals surface area (Å²) in [6.45, 7) is 9.22. The third-order valence-corrected chi connectivity index (χ3v) is 4.25. The number of amides is 1. The van der Waals surface area contributed by atoms with Crippen molar-refractivity contribution in [1.82, 2.24) is 4.90 Å². The summed E-state index contributed by atoms with van der Waals surface area (Å²) in [5.74, 6) is -0.387. The van der Waals surface area contributed by atoms with Gasteiger partial charge in [0.05, 0.1) is 18.4 Å². The normalized spacial score (nSPS) is 20.5. The number of nitrogens with zero attached hydrogens (tertiary/aromatic N) is 1. The van der Waals surface area contributed by atoms with Crippen LogP contribution in [0, 0.1) is 0 Å². The van der Waals surface area contributed by atoms with Gasteiger partial charge in [-0.1, -0.05) is 37.4 Å². The molecule has 0 N–H and O–H groups in total. The number of rotatable bonds is 4. The quantitative estimate of drug-likeness (QED) is 0.568. The van der Waals surface area contributed by atoms with Crippen molar-refractivity contribution in [3.8, 4) is 0 Å². The number of hydrogen-bond acceptors (Lipinski definition) is 2. The first-order valence-electron chi connectivity index (χ1n) is 7.95. The summed E-state index contributed by atoms with van der Waals surface area (Å²) in [4.78, 5) is 13.7. The summed E-state index contributed by atoms with van der Waals surface area (Å²) in [7, 11) is 1.45. The Morgan fingerprint density at radius 2 is 2.08 bits per heavy atom. The maximum absolute atomic E-state index is 13.1. The minimum absolute atomic E-state index is 0.217. The van der Waals surface area contributed by atoms with Gasteiger partial charge in [0.25, 0.3) is 0 Å². The van der Waals surface area contributed by atoms with Gasteiger partial charge in [-0.15, -0.1) is 0 Å². The molecule has 0 spiro atoms. The molecule has 26 heavy (non-hydrogen) atoms. The number of halogens is 3. The van der Waals surface area contributed by atoms with Gasteiger partial charge in [0.2, 0.25) is 5.91 Å². The van der Waals surface area contributed by atoms with Crippen LogP contribution in [0.1, 0.15) is 24.0 Å². The molecule has 3 nitrogen and oxygen atoms in total. The van der Waals surface area contributed by atoms with E-state index < -0.39 is 11.7 Å². The average Bonchev–Trinajstić information content (AvgIpc) is 2.98. The van der Waals surface area contributed by atoms with Gasteiger partial charge in [0, 0.05) is 18.5 Å². The van der Waals surface area contributed by atoms with Crippen LogP contribution in [0.25, 0.3) is 0 Å². The van der Waals surface area contributed by atoms with E-state index in [2.05, 4.69) is 13.2 Å². The van der Waals surface area contributed by atoms with E-state index in [4.69, 9.17) is 4.74 Å². The fourth-order valence-electron chi connectivity index (χ4n) is 2.97. The molecule has 138 valence electrons. The molecule has 0 aromatic heterocycles. The number of methoxy groups -OCH3 is 1. The van der Waals surface area contributed by atoms with E-state index in [1.54, 1.807) is 25.1 Å². The molecule has 1 amide bonds. The third kappa shape index (κ3) is 3.90. The molecule has 1 unspecified atom stereocenters. The van der Waals surface area contributed by atoms with Crippen LogP contribution in [-0.4, -0.2) is 24.5 Å². The summed E-state index contributed by atoms with van der Waals surface area (Å²) < 4.78 is 44.2. The largest absolute Gasteiger partial charge is 0.497 e. The van der Waals surface area contributed by atoms with Gasteiger partial charge in [0.15, 0.2) is 0 Å². The molecule has 1 atom stereocenters. The number of ether oxygens (including phenoxy) is 1. The van der Waals surface area contributed by atoms with Gasteiger partial charge in [-0.2, -0.15) is 13.2 Å². The molecular formula is C20H20F3NO2. The first-order chi connectivity index (χ1) is 12.2. The Labute approximate surface area is 150 Å². The Balaban J connectivity index is 2.54. The Morgan fingerprint density at radius 3 is 2.62 bits per heavy atom. The number of alkyl halides is 3. The highest BCUT2D eigenvalue weighted by Gasteiger charge is 2.37. The molecule has 1 aromatic rings. The van der Waals surface area contributed by atoms with Crippen molar-refractivity contribution in [3.63, 3.8) is 0 Å². The predicted octanol–water partition coefficient (Wildman–Crippen LogP) is 4.81. The van der Waals surface area contributed by atoms with E-state index in [9.17, 15) is 18.0 Å². The molecule has 1 aromatic carbocycles. The zero-order valence-electron chi connectivity index (χ0n) is 14.6. The topological polar surface area (TPSA) is 29.5 Å². The van der Waals surface area contributed by atoms with Crippen molar-refractivity contribution >= 4 is 5.91 Å². The van der Waals surface area contributed by atoms with Crippen molar-refractivity contribution in [2.45, 2.75) is 19.0 Å². The zero-order chi connectivity index (χ0) is 19.5. The van der Waals surface area contributed by atoms with E-state index in [-0.39, 0.29) is 18.4 Å². The fourth-order valence-corrected chi connectivity index (χ4v) is 2.97. The number of hydrogen-bond donors (Lipinski definition) is 0. The summed E-state index contributed by atoms with van der Waals surface area (Å²) in [6.07, 6.45) is 0.135. The Morgan fingerprint density at radius 1 is 1.38 bits per heavy atom. The first kappa shape index (κ1) is 19.6. The van der Waals surface area contributed by atoms with Gasteiger partial charge >= 0.3 is 6.18 Å². The SMILES string of the molecule is C=CC(=O)N1CC(c2cccc(C(F)(F)F)c2)C(=C/C)/C1=C\C(=C)OC. The lowest BCUT2D eigenvalue weighted by Gasteiger charge is -2.16. The van der Waals surface area contributed by atoms with Gasteiger partial charge in [-0.25, -0.2) is 0 Å². The second kappa shape index (κ2) is 7.64. The molecule has 0 saturated carbocycles. The van der Waals surface area contributed by atoms with Crippen LogP contribution in [0.15, 0.2) is 72.7 Å². The minimum atomic E-state index is -4.43. The van der Waals surface area contributed by atoms with Gasteiger partial charge < -0.3 is 9.64 Å². The number of carbonyl (C=O) groups is 1. The lowest BCUT2D eigenvalue weighted by molar-refractivity contribution is -0.137. The molecule has 0 bridgehead atoms. The van der Waals surface area contributed by atoms with Crippen LogP contribution in [-0.2, 0) is 15.7 Å². The highest BCUT2D eigenvalue weighted by molar-refractivity contribution is 5.90. The summed E-state index contributed by atoms with van der Waals surface area (Å²) in [5, 5.41) is 0. The van der Waals surface area contributed by atoms with E-state index in [0.29, 0.717) is 17.0 Å². The van der Waals surface area contributed by atoms with Crippen LogP contribution in [0.2, 0.25) is 0 Å². The Kier molecular flexibility index (Phi) is 5.75. The highest BCUT2D eigenvalue weighted by atomic mass is 19.4. The monoisotopic (exact) mass is 363 g/mol. The second-order valence-corrected chi connectivity index (χ2v) is 5.77. The van der Waals surface area contributed by atoms with E-state index in [1.165, 1.54) is 24.2 Å². The van der Waals surface area contributed by atoms with E-state index in [1.807, 2.05) is 0 Å². The van der Waals surface area contributed by atoms with E-state index >= 15 is 0 Å². The molecule has 1 saturated heterocycles. The smallest absolute Gasteiger partial charge is 0.416 e. The van der Waals surface area contributed by atoms with Crippen LogP contribution in [0.4, 0.5) is 13.2 Å². The number of benzene rings is 1. The fraction of sp³-hybridized carbons (Fsp3) is 0.250. The summed E-state index contributed by atoms with van der Waals surface area (Å²) >= 11 is 0. The number of carbonyl (C=O) groups excluding carboxylic acids is 1. The van der Waals surface area contributed by atoms with Crippen molar-refractivity contribution in [3.05, 3.63) is 83.8 Å². The molecule has 1 heterocycles. The number of allylic oxidation sites excluding steroid dienone is 3. The van der Waals surface area contributed by atoms with Gasteiger partial charge in [-0.3, -0.25) is 4.79 Å². The maximum atomic E-state index is 13.1. The molecule has 0 radical (unpaired) electrons.